The highest BCUT2D eigenvalue weighted by atomic mass is 35.5. The maximum absolute atomic E-state index is 6.51. The zero-order chi connectivity index (χ0) is 22.8. The number of aromatic amines is 1. The van der Waals surface area contributed by atoms with E-state index in [0.717, 1.165) is 87.1 Å². The van der Waals surface area contributed by atoms with Crippen molar-refractivity contribution in [2.24, 2.45) is 0 Å². The van der Waals surface area contributed by atoms with Crippen LogP contribution < -0.4 is 10.2 Å². The van der Waals surface area contributed by atoms with E-state index in [1.165, 1.54) is 5.69 Å². The molecule has 0 radical (unpaired) electrons. The molecule has 2 aliphatic heterocycles. The second kappa shape index (κ2) is 9.85. The number of likely N-dealkylation sites (tertiary alicyclic amines) is 1. The quantitative estimate of drug-likeness (QED) is 0.550. The molecule has 33 heavy (non-hydrogen) atoms. The van der Waals surface area contributed by atoms with Crippen molar-refractivity contribution >= 4 is 34.1 Å². The van der Waals surface area contributed by atoms with Crippen molar-refractivity contribution in [1.82, 2.24) is 24.8 Å². The lowest BCUT2D eigenvalue weighted by Crippen LogP contribution is -2.47. The summed E-state index contributed by atoms with van der Waals surface area (Å²) < 4.78 is 5.20. The molecule has 176 valence electrons. The van der Waals surface area contributed by atoms with Crippen molar-refractivity contribution in [1.29, 1.82) is 0 Å². The fourth-order valence-electron chi connectivity index (χ4n) is 4.74. The average Bonchev–Trinajstić information content (AvgIpc) is 3.46. The molecule has 0 saturated carbocycles. The second-order valence-corrected chi connectivity index (χ2v) is 9.43. The number of benzene rings is 1. The Kier molecular flexibility index (Phi) is 6.69. The summed E-state index contributed by atoms with van der Waals surface area (Å²) in [5.41, 5.74) is 4.70. The van der Waals surface area contributed by atoms with E-state index in [1.807, 2.05) is 0 Å². The van der Waals surface area contributed by atoms with E-state index in [1.54, 1.807) is 13.3 Å². The Bertz CT molecular complexity index is 1080. The van der Waals surface area contributed by atoms with Gasteiger partial charge in [-0.15, -0.1) is 0 Å². The summed E-state index contributed by atoms with van der Waals surface area (Å²) in [6.07, 6.45) is 2.79. The summed E-state index contributed by atoms with van der Waals surface area (Å²) in [5.74, 6) is 0.808. The van der Waals surface area contributed by atoms with Crippen LogP contribution in [0.2, 0.25) is 5.02 Å². The van der Waals surface area contributed by atoms with E-state index in [4.69, 9.17) is 21.3 Å². The highest BCUT2D eigenvalue weighted by Gasteiger charge is 2.22. The van der Waals surface area contributed by atoms with Crippen molar-refractivity contribution < 1.29 is 4.74 Å². The number of aromatic nitrogens is 3. The summed E-state index contributed by atoms with van der Waals surface area (Å²) in [7, 11) is 3.90. The molecule has 3 aromatic rings. The van der Waals surface area contributed by atoms with Gasteiger partial charge < -0.3 is 24.8 Å². The number of methoxy groups -OCH3 is 1. The van der Waals surface area contributed by atoms with Crippen LogP contribution in [0.5, 0.6) is 0 Å². The van der Waals surface area contributed by atoms with Gasteiger partial charge in [0.25, 0.3) is 0 Å². The Hall–Kier alpha value is -2.39. The van der Waals surface area contributed by atoms with Gasteiger partial charge in [0.2, 0.25) is 0 Å². The number of hydrogen-bond acceptors (Lipinski definition) is 7. The van der Waals surface area contributed by atoms with Crippen LogP contribution in [0.15, 0.2) is 30.5 Å². The number of pyridine rings is 1. The van der Waals surface area contributed by atoms with Crippen molar-refractivity contribution in [3.63, 3.8) is 0 Å². The molecule has 2 aliphatic rings. The zero-order valence-corrected chi connectivity index (χ0v) is 20.1. The third-order valence-electron chi connectivity index (χ3n) is 6.70. The number of anilines is 2. The lowest BCUT2D eigenvalue weighted by molar-refractivity contribution is 0.144. The molecule has 2 saturated heterocycles. The summed E-state index contributed by atoms with van der Waals surface area (Å²) in [6.45, 7) is 8.07. The Balaban J connectivity index is 1.31. The fourth-order valence-corrected chi connectivity index (χ4v) is 4.93. The zero-order valence-electron chi connectivity index (χ0n) is 19.4. The minimum Gasteiger partial charge on any atom is -0.383 e. The van der Waals surface area contributed by atoms with Gasteiger partial charge >= 0.3 is 0 Å². The maximum Gasteiger partial charge on any atom is 0.159 e. The first-order valence-electron chi connectivity index (χ1n) is 11.7. The minimum absolute atomic E-state index is 0.368. The van der Waals surface area contributed by atoms with Gasteiger partial charge in [-0.1, -0.05) is 11.6 Å². The smallest absolute Gasteiger partial charge is 0.159 e. The molecule has 1 unspecified atom stereocenters. The lowest BCUT2D eigenvalue weighted by atomic mass is 10.1. The third kappa shape index (κ3) is 4.94. The van der Waals surface area contributed by atoms with E-state index < -0.39 is 0 Å². The van der Waals surface area contributed by atoms with Gasteiger partial charge in [-0.25, -0.2) is 9.97 Å². The van der Waals surface area contributed by atoms with Crippen molar-refractivity contribution in [2.75, 3.05) is 76.8 Å². The summed E-state index contributed by atoms with van der Waals surface area (Å²) in [5, 5.41) is 4.21. The molecule has 2 N–H and O–H groups in total. The minimum atomic E-state index is 0.368. The number of piperazine rings is 1. The number of halogens is 1. The molecular weight excluding hydrogens is 438 g/mol. The standard InChI is InChI=1S/C24H32ClN7O/c1-30-8-7-18(16-30)27-21-20(25)15-26-24-22(21)28-23(29-24)17-3-5-19(6-4-17)32-11-9-31(10-12-32)13-14-33-2/h3-6,15,18H,7-14,16H2,1-2H3,(H2,26,27,28,29). The summed E-state index contributed by atoms with van der Waals surface area (Å²) >= 11 is 6.51. The van der Waals surface area contributed by atoms with Crippen LogP contribution in [0, 0.1) is 0 Å². The van der Waals surface area contributed by atoms with Crippen LogP contribution >= 0.6 is 11.6 Å². The molecule has 0 amide bonds. The van der Waals surface area contributed by atoms with Gasteiger partial charge in [0.1, 0.15) is 11.3 Å². The molecule has 1 atom stereocenters. The number of hydrogen-bond donors (Lipinski definition) is 2. The predicted molar refractivity (Wildman–Crippen MR) is 134 cm³/mol. The number of fused-ring (bicyclic) bond motifs is 1. The predicted octanol–water partition coefficient (Wildman–Crippen LogP) is 3.16. The number of ether oxygens (including phenoxy) is 1. The third-order valence-corrected chi connectivity index (χ3v) is 6.98. The Labute approximate surface area is 199 Å². The van der Waals surface area contributed by atoms with Crippen LogP contribution in [0.25, 0.3) is 22.6 Å². The molecular formula is C24H32ClN7O. The van der Waals surface area contributed by atoms with Crippen LogP contribution in [0.1, 0.15) is 6.42 Å². The largest absolute Gasteiger partial charge is 0.383 e. The highest BCUT2D eigenvalue weighted by molar-refractivity contribution is 6.34. The van der Waals surface area contributed by atoms with Gasteiger partial charge in [-0.2, -0.15) is 0 Å². The first kappa shape index (κ1) is 22.4. The first-order valence-corrected chi connectivity index (χ1v) is 12.0. The lowest BCUT2D eigenvalue weighted by Gasteiger charge is -2.36. The number of likely N-dealkylation sites (N-methyl/N-ethyl adjacent to an activating group) is 1. The number of nitrogens with zero attached hydrogens (tertiary/aromatic N) is 5. The van der Waals surface area contributed by atoms with Gasteiger partial charge in [-0.05, 0) is 44.3 Å². The molecule has 1 aromatic carbocycles. The molecule has 2 aromatic heterocycles. The highest BCUT2D eigenvalue weighted by Crippen LogP contribution is 2.32. The maximum atomic E-state index is 6.51. The average molecular weight is 470 g/mol. The van der Waals surface area contributed by atoms with E-state index >= 15 is 0 Å². The van der Waals surface area contributed by atoms with E-state index in [9.17, 15) is 0 Å². The number of H-pyrrole nitrogens is 1. The molecule has 2 fully saturated rings. The van der Waals surface area contributed by atoms with Crippen LogP contribution in [0.3, 0.4) is 0 Å². The molecule has 5 rings (SSSR count). The van der Waals surface area contributed by atoms with Crippen LogP contribution in [-0.2, 0) is 4.74 Å². The van der Waals surface area contributed by atoms with Gasteiger partial charge in [0.15, 0.2) is 5.65 Å². The van der Waals surface area contributed by atoms with Crippen LogP contribution in [-0.4, -0.2) is 97.4 Å². The topological polar surface area (TPSA) is 72.6 Å². The van der Waals surface area contributed by atoms with Crippen molar-refractivity contribution in [3.8, 4) is 11.4 Å². The molecule has 4 heterocycles. The monoisotopic (exact) mass is 469 g/mol. The fraction of sp³-hybridized carbons (Fsp3) is 0.500. The Morgan fingerprint density at radius 1 is 1.15 bits per heavy atom. The SMILES string of the molecule is COCCN1CCN(c2ccc(-c3nc4c(NC5CCN(C)C5)c(Cl)cnc4[nH]3)cc2)CC1. The van der Waals surface area contributed by atoms with Gasteiger partial charge in [0.05, 0.1) is 23.5 Å². The van der Waals surface area contributed by atoms with Crippen molar-refractivity contribution in [3.05, 3.63) is 35.5 Å². The molecule has 0 bridgehead atoms. The van der Waals surface area contributed by atoms with Gasteiger partial charge in [0, 0.05) is 63.7 Å². The number of nitrogens with one attached hydrogen (secondary N) is 2. The molecule has 9 heteroatoms. The summed E-state index contributed by atoms with van der Waals surface area (Å²) in [4.78, 5) is 19.9. The Morgan fingerprint density at radius 2 is 1.94 bits per heavy atom. The summed E-state index contributed by atoms with van der Waals surface area (Å²) in [6, 6.07) is 8.99. The van der Waals surface area contributed by atoms with Crippen molar-refractivity contribution in [2.45, 2.75) is 12.5 Å². The van der Waals surface area contributed by atoms with E-state index in [2.05, 4.69) is 61.3 Å². The first-order chi connectivity index (χ1) is 16.1. The molecule has 0 aliphatic carbocycles. The van der Waals surface area contributed by atoms with E-state index in [-0.39, 0.29) is 0 Å². The second-order valence-electron chi connectivity index (χ2n) is 9.02. The van der Waals surface area contributed by atoms with Gasteiger partial charge in [-0.3, -0.25) is 4.90 Å². The number of imidazole rings is 1. The van der Waals surface area contributed by atoms with E-state index in [0.29, 0.717) is 11.1 Å². The number of rotatable bonds is 7. The molecule has 8 nitrogen and oxygen atoms in total. The molecule has 0 spiro atoms. The Morgan fingerprint density at radius 3 is 2.64 bits per heavy atom. The van der Waals surface area contributed by atoms with Crippen LogP contribution in [0.4, 0.5) is 11.4 Å². The normalized spacial score (nSPS) is 20.1.